The van der Waals surface area contributed by atoms with E-state index in [2.05, 4.69) is 30.0 Å². The van der Waals surface area contributed by atoms with Gasteiger partial charge in [0.1, 0.15) is 23.4 Å². The molecule has 0 amide bonds. The van der Waals surface area contributed by atoms with Gasteiger partial charge in [0.15, 0.2) is 11.5 Å². The third kappa shape index (κ3) is 3.72. The van der Waals surface area contributed by atoms with Crippen molar-refractivity contribution >= 4 is 17.0 Å². The predicted molar refractivity (Wildman–Crippen MR) is 95.6 cm³/mol. The van der Waals surface area contributed by atoms with Gasteiger partial charge in [-0.2, -0.15) is 0 Å². The third-order valence-corrected chi connectivity index (χ3v) is 4.84. The Hall–Kier alpha value is -2.88. The summed E-state index contributed by atoms with van der Waals surface area (Å²) in [5.74, 6) is 0.505. The molecule has 1 fully saturated rings. The van der Waals surface area contributed by atoms with E-state index in [0.29, 0.717) is 23.4 Å². The Labute approximate surface area is 158 Å². The Morgan fingerprint density at radius 1 is 1.21 bits per heavy atom. The normalized spacial score (nSPS) is 22.5. The largest absolute Gasteiger partial charge is 0.573 e. The Morgan fingerprint density at radius 2 is 2.00 bits per heavy atom. The summed E-state index contributed by atoms with van der Waals surface area (Å²) in [5, 5.41) is 13.2. The number of alkyl halides is 3. The van der Waals surface area contributed by atoms with Crippen LogP contribution in [0.1, 0.15) is 19.8 Å². The number of halogens is 3. The first-order chi connectivity index (χ1) is 13.3. The number of aromatic amines is 1. The second-order valence-electron chi connectivity index (χ2n) is 6.91. The van der Waals surface area contributed by atoms with E-state index in [-0.39, 0.29) is 35.2 Å². The summed E-state index contributed by atoms with van der Waals surface area (Å²) in [6, 6.07) is 5.79. The summed E-state index contributed by atoms with van der Waals surface area (Å²) >= 11 is 0. The van der Waals surface area contributed by atoms with E-state index in [9.17, 15) is 18.3 Å². The van der Waals surface area contributed by atoms with Crippen molar-refractivity contribution in [3.05, 3.63) is 30.6 Å². The van der Waals surface area contributed by atoms with Gasteiger partial charge in [-0.3, -0.25) is 0 Å². The van der Waals surface area contributed by atoms with Crippen LogP contribution in [0.25, 0.3) is 22.6 Å². The van der Waals surface area contributed by atoms with E-state index in [4.69, 9.17) is 0 Å². The number of fused-ring (bicyclic) bond motifs is 1. The van der Waals surface area contributed by atoms with Gasteiger partial charge in [-0.1, -0.05) is 19.1 Å². The maximum absolute atomic E-state index is 12.7. The number of nitrogens with zero attached hydrogens (tertiary/aromatic N) is 3. The molecule has 0 aliphatic heterocycles. The van der Waals surface area contributed by atoms with Gasteiger partial charge in [-0.15, -0.1) is 13.2 Å². The summed E-state index contributed by atoms with van der Waals surface area (Å²) in [5.41, 5.74) is 0.961. The molecule has 0 radical (unpaired) electrons. The van der Waals surface area contributed by atoms with Gasteiger partial charge < -0.3 is 20.1 Å². The Bertz CT molecular complexity index is 981. The molecule has 0 unspecified atom stereocenters. The van der Waals surface area contributed by atoms with Crippen LogP contribution in [0.2, 0.25) is 0 Å². The molecule has 1 aliphatic rings. The zero-order valence-electron chi connectivity index (χ0n) is 14.9. The van der Waals surface area contributed by atoms with E-state index in [1.165, 1.54) is 24.5 Å². The molecule has 7 nitrogen and oxygen atoms in total. The van der Waals surface area contributed by atoms with Gasteiger partial charge in [-0.25, -0.2) is 15.0 Å². The fraction of sp³-hybridized carbons (Fsp3) is 0.389. The van der Waals surface area contributed by atoms with E-state index in [1.54, 1.807) is 6.07 Å². The topological polar surface area (TPSA) is 96.0 Å². The molecule has 3 N–H and O–H groups in total. The van der Waals surface area contributed by atoms with Crippen LogP contribution in [0.3, 0.4) is 0 Å². The Balaban J connectivity index is 1.68. The zero-order chi connectivity index (χ0) is 19.9. The van der Waals surface area contributed by atoms with Crippen molar-refractivity contribution in [2.75, 3.05) is 5.32 Å². The van der Waals surface area contributed by atoms with Gasteiger partial charge in [0, 0.05) is 6.04 Å². The van der Waals surface area contributed by atoms with E-state index >= 15 is 0 Å². The van der Waals surface area contributed by atoms with Gasteiger partial charge in [0.2, 0.25) is 0 Å². The molecule has 10 heteroatoms. The number of para-hydroxylation sites is 1. The van der Waals surface area contributed by atoms with Gasteiger partial charge in [0.25, 0.3) is 0 Å². The minimum Gasteiger partial charge on any atom is -0.405 e. The first-order valence-corrected chi connectivity index (χ1v) is 8.80. The van der Waals surface area contributed by atoms with Crippen molar-refractivity contribution in [2.24, 2.45) is 5.92 Å². The highest BCUT2D eigenvalue weighted by Crippen LogP contribution is 2.34. The number of nitrogens with one attached hydrogen (secondary N) is 2. The minimum atomic E-state index is -4.81. The third-order valence-electron chi connectivity index (χ3n) is 4.84. The first kappa shape index (κ1) is 18.5. The fourth-order valence-electron chi connectivity index (χ4n) is 3.48. The molecule has 1 aliphatic carbocycles. The molecular formula is C18H18F3N5O2. The number of hydrogen-bond acceptors (Lipinski definition) is 6. The number of H-pyrrole nitrogens is 1. The molecular weight excluding hydrogens is 375 g/mol. The molecule has 28 heavy (non-hydrogen) atoms. The average Bonchev–Trinajstić information content (AvgIpc) is 3.18. The summed E-state index contributed by atoms with van der Waals surface area (Å²) in [6.45, 7) is 1.98. The SMILES string of the molecule is C[C@H]1C[C@@H](Nc2ncnc3nc(-c4ccccc4OC(F)(F)F)[nH]c23)C[C@@H]1O. The van der Waals surface area contributed by atoms with Crippen molar-refractivity contribution < 1.29 is 23.0 Å². The average molecular weight is 393 g/mol. The predicted octanol–water partition coefficient (Wildman–Crippen LogP) is 3.49. The molecule has 1 aromatic carbocycles. The molecule has 3 aromatic rings. The lowest BCUT2D eigenvalue weighted by Crippen LogP contribution is -2.17. The maximum Gasteiger partial charge on any atom is 0.573 e. The molecule has 0 bridgehead atoms. The van der Waals surface area contributed by atoms with E-state index in [1.807, 2.05) is 6.92 Å². The number of rotatable bonds is 4. The lowest BCUT2D eigenvalue weighted by molar-refractivity contribution is -0.274. The summed E-state index contributed by atoms with van der Waals surface area (Å²) in [4.78, 5) is 15.6. The van der Waals surface area contributed by atoms with Crippen LogP contribution >= 0.6 is 0 Å². The Morgan fingerprint density at radius 3 is 2.71 bits per heavy atom. The van der Waals surface area contributed by atoms with Crippen molar-refractivity contribution in [1.82, 2.24) is 19.9 Å². The quantitative estimate of drug-likeness (QED) is 0.628. The van der Waals surface area contributed by atoms with Crippen LogP contribution < -0.4 is 10.1 Å². The smallest absolute Gasteiger partial charge is 0.405 e. The molecule has 0 saturated heterocycles. The van der Waals surface area contributed by atoms with Crippen molar-refractivity contribution in [1.29, 1.82) is 0 Å². The number of anilines is 1. The molecule has 2 aromatic heterocycles. The fourth-order valence-corrected chi connectivity index (χ4v) is 3.48. The number of aliphatic hydroxyl groups is 1. The number of hydrogen-bond donors (Lipinski definition) is 3. The van der Waals surface area contributed by atoms with Gasteiger partial charge >= 0.3 is 6.36 Å². The lowest BCUT2D eigenvalue weighted by Gasteiger charge is -2.13. The summed E-state index contributed by atoms with van der Waals surface area (Å²) < 4.78 is 42.2. The number of aliphatic hydroxyl groups excluding tert-OH is 1. The van der Waals surface area contributed by atoms with Gasteiger partial charge in [-0.05, 0) is 30.9 Å². The standard InChI is InChI=1S/C18H18F3N5O2/c1-9-6-10(7-12(9)27)24-16-14-17(23-8-22-16)26-15(25-14)11-4-2-3-5-13(11)28-18(19,20)21/h2-5,8-10,12,27H,6-7H2,1H3,(H2,22,23,24,25,26)/t9-,10+,12-/m0/s1. The molecule has 2 heterocycles. The van der Waals surface area contributed by atoms with Crippen molar-refractivity contribution in [3.63, 3.8) is 0 Å². The minimum absolute atomic E-state index is 0.0377. The summed E-state index contributed by atoms with van der Waals surface area (Å²) in [6.07, 6.45) is -2.47. The van der Waals surface area contributed by atoms with Crippen LogP contribution in [-0.4, -0.2) is 43.6 Å². The maximum atomic E-state index is 12.7. The van der Waals surface area contributed by atoms with Gasteiger partial charge in [0.05, 0.1) is 11.7 Å². The van der Waals surface area contributed by atoms with Crippen LogP contribution in [0.15, 0.2) is 30.6 Å². The number of ether oxygens (including phenoxy) is 1. The lowest BCUT2D eigenvalue weighted by atomic mass is 10.1. The monoisotopic (exact) mass is 393 g/mol. The van der Waals surface area contributed by atoms with Crippen molar-refractivity contribution in [3.8, 4) is 17.1 Å². The zero-order valence-corrected chi connectivity index (χ0v) is 14.9. The van der Waals surface area contributed by atoms with Crippen LogP contribution in [0, 0.1) is 5.92 Å². The van der Waals surface area contributed by atoms with Crippen LogP contribution in [-0.2, 0) is 0 Å². The number of benzene rings is 1. The van der Waals surface area contributed by atoms with Crippen molar-refractivity contribution in [2.45, 2.75) is 38.3 Å². The highest BCUT2D eigenvalue weighted by atomic mass is 19.4. The molecule has 1 saturated carbocycles. The molecule has 0 spiro atoms. The van der Waals surface area contributed by atoms with E-state index in [0.717, 1.165) is 6.42 Å². The Kier molecular flexibility index (Phi) is 4.58. The first-order valence-electron chi connectivity index (χ1n) is 8.80. The molecule has 4 rings (SSSR count). The highest BCUT2D eigenvalue weighted by molar-refractivity contribution is 5.86. The van der Waals surface area contributed by atoms with Crippen LogP contribution in [0.4, 0.5) is 19.0 Å². The highest BCUT2D eigenvalue weighted by Gasteiger charge is 2.33. The number of imidazole rings is 1. The number of aromatic nitrogens is 4. The summed E-state index contributed by atoms with van der Waals surface area (Å²) in [7, 11) is 0. The van der Waals surface area contributed by atoms with Crippen LogP contribution in [0.5, 0.6) is 5.75 Å². The second-order valence-corrected chi connectivity index (χ2v) is 6.91. The molecule has 3 atom stereocenters. The van der Waals surface area contributed by atoms with E-state index < -0.39 is 6.36 Å². The molecule has 148 valence electrons. The second kappa shape index (κ2) is 6.93.